The van der Waals surface area contributed by atoms with Gasteiger partial charge in [-0.3, -0.25) is 0 Å². The first-order valence-electron chi connectivity index (χ1n) is 20.9. The molecule has 0 radical (unpaired) electrons. The monoisotopic (exact) mass is 979 g/mol. The standard InChI is InChI=1S/C56H40N4O.Pt/c1-55(2,3)45-18-12-16-38-25-23-37-24-26-39(36-14-6-5-7-15-36)32-47(37)56(53(38)45)44-30-28-41(34-51(44)59-35-58(4)49-21-13-19-46(56)54(49)59)61-40-27-29-43-42-17-8-9-20-48(42)60(50(43)33-40)52-22-10-11-31-57-52;/h5-32H,1-4H3;/q-2;. The molecule has 7 aromatic carbocycles. The zero-order valence-corrected chi connectivity index (χ0v) is 37.0. The van der Waals surface area contributed by atoms with Gasteiger partial charge in [0.1, 0.15) is 5.82 Å². The van der Waals surface area contributed by atoms with Crippen molar-refractivity contribution in [3.05, 3.63) is 215 Å². The summed E-state index contributed by atoms with van der Waals surface area (Å²) < 4.78 is 13.3. The van der Waals surface area contributed by atoms with Crippen LogP contribution in [0.5, 0.6) is 11.5 Å². The average molecular weight is 980 g/mol. The molecule has 1 aliphatic heterocycles. The maximum absolute atomic E-state index is 6.83. The van der Waals surface area contributed by atoms with E-state index >= 15 is 0 Å². The molecule has 1 aliphatic carbocycles. The SMILES string of the molecule is C[n+]1[c-]n2c3c(cccc31)C1(c3ccc(Oc4[c-]c5c(cc4)c4ccccc4n5-c4ccccn4)[c-]c3-2)c2cc(-c3ccccc3)ccc2C=Cc2cccc(C(C)(C)C)c21.[Pt]. The van der Waals surface area contributed by atoms with Crippen molar-refractivity contribution >= 4 is 45.0 Å². The van der Waals surface area contributed by atoms with Crippen LogP contribution in [-0.2, 0) is 38.9 Å². The number of ether oxygens (including phenoxy) is 1. The van der Waals surface area contributed by atoms with Crippen LogP contribution >= 0.6 is 0 Å². The first kappa shape index (κ1) is 38.1. The second-order valence-corrected chi connectivity index (χ2v) is 17.3. The summed E-state index contributed by atoms with van der Waals surface area (Å²) in [5.41, 5.74) is 15.0. The van der Waals surface area contributed by atoms with Crippen molar-refractivity contribution in [3.8, 4) is 34.1 Å². The summed E-state index contributed by atoms with van der Waals surface area (Å²) in [4.78, 5) is 4.73. The van der Waals surface area contributed by atoms with Gasteiger partial charge in [-0.1, -0.05) is 153 Å². The van der Waals surface area contributed by atoms with Crippen molar-refractivity contribution in [2.24, 2.45) is 7.05 Å². The van der Waals surface area contributed by atoms with Gasteiger partial charge in [0.25, 0.3) is 0 Å². The molecule has 5 nitrogen and oxygen atoms in total. The number of hydrogen-bond donors (Lipinski definition) is 0. The van der Waals surface area contributed by atoms with Crippen molar-refractivity contribution < 1.29 is 30.4 Å². The van der Waals surface area contributed by atoms with Crippen molar-refractivity contribution in [2.75, 3.05) is 0 Å². The number of para-hydroxylation sites is 2. The summed E-state index contributed by atoms with van der Waals surface area (Å²) in [6.07, 6.45) is 10.1. The minimum Gasteiger partial charge on any atom is -0.510 e. The number of pyridine rings is 1. The molecule has 2 aliphatic rings. The van der Waals surface area contributed by atoms with Gasteiger partial charge in [-0.25, -0.2) is 4.98 Å². The van der Waals surface area contributed by atoms with Crippen molar-refractivity contribution in [1.82, 2.24) is 14.1 Å². The Balaban J connectivity index is 0.00000432. The second-order valence-electron chi connectivity index (χ2n) is 17.3. The van der Waals surface area contributed by atoms with Gasteiger partial charge < -0.3 is 18.4 Å². The molecule has 0 bridgehead atoms. The summed E-state index contributed by atoms with van der Waals surface area (Å²) in [6.45, 7) is 6.99. The summed E-state index contributed by atoms with van der Waals surface area (Å²) >= 11 is 0. The van der Waals surface area contributed by atoms with E-state index in [0.29, 0.717) is 11.5 Å². The molecule has 1 atom stereocenters. The average Bonchev–Trinajstić information content (AvgIpc) is 3.76. The van der Waals surface area contributed by atoms with Gasteiger partial charge in [0, 0.05) is 49.7 Å². The van der Waals surface area contributed by atoms with Crippen molar-refractivity contribution in [1.29, 1.82) is 0 Å². The molecule has 0 N–H and O–H groups in total. The summed E-state index contributed by atoms with van der Waals surface area (Å²) in [6, 6.07) is 61.6. The van der Waals surface area contributed by atoms with Crippen LogP contribution < -0.4 is 9.30 Å². The Morgan fingerprint density at radius 3 is 2.26 bits per heavy atom. The number of aromatic nitrogens is 4. The van der Waals surface area contributed by atoms with Crippen molar-refractivity contribution in [3.63, 3.8) is 0 Å². The summed E-state index contributed by atoms with van der Waals surface area (Å²) in [5.74, 6) is 2.02. The molecule has 1 unspecified atom stereocenters. The van der Waals surface area contributed by atoms with Crippen LogP contribution in [0.4, 0.5) is 0 Å². The number of fused-ring (bicyclic) bond motifs is 11. The molecule has 0 saturated heterocycles. The molecule has 62 heavy (non-hydrogen) atoms. The van der Waals surface area contributed by atoms with Gasteiger partial charge in [-0.05, 0) is 73.5 Å². The minimum atomic E-state index is -0.740. The van der Waals surface area contributed by atoms with Crippen LogP contribution in [-0.4, -0.2) is 14.1 Å². The van der Waals surface area contributed by atoms with E-state index in [9.17, 15) is 0 Å². The number of nitrogens with zero attached hydrogens (tertiary/aromatic N) is 4. The number of hydrogen-bond acceptors (Lipinski definition) is 2. The van der Waals surface area contributed by atoms with Crippen molar-refractivity contribution in [2.45, 2.75) is 31.6 Å². The van der Waals surface area contributed by atoms with E-state index in [4.69, 9.17) is 9.72 Å². The zero-order chi connectivity index (χ0) is 41.0. The number of rotatable bonds is 4. The molecule has 4 heterocycles. The van der Waals surface area contributed by atoms with Crippen LogP contribution in [0, 0.1) is 18.5 Å². The molecule has 12 rings (SSSR count). The number of benzene rings is 7. The van der Waals surface area contributed by atoms with E-state index in [1.165, 1.54) is 44.5 Å². The Labute approximate surface area is 375 Å². The largest absolute Gasteiger partial charge is 0.510 e. The molecule has 302 valence electrons. The molecular weight excluding hydrogens is 940 g/mol. The predicted octanol–water partition coefficient (Wildman–Crippen LogP) is 12.3. The fraction of sp³-hybridized carbons (Fsp3) is 0.107. The van der Waals surface area contributed by atoms with E-state index in [1.54, 1.807) is 0 Å². The van der Waals surface area contributed by atoms with Gasteiger partial charge in [0.15, 0.2) is 0 Å². The van der Waals surface area contributed by atoms with Crippen LogP contribution in [0.3, 0.4) is 0 Å². The Bertz CT molecular complexity index is 3450. The van der Waals surface area contributed by atoms with Crippen LogP contribution in [0.25, 0.3) is 67.6 Å². The normalized spacial score (nSPS) is 15.0. The topological polar surface area (TPSA) is 35.9 Å². The first-order chi connectivity index (χ1) is 29.8. The third kappa shape index (κ3) is 5.51. The quantitative estimate of drug-likeness (QED) is 0.130. The Morgan fingerprint density at radius 1 is 0.645 bits per heavy atom. The first-order valence-corrected chi connectivity index (χ1v) is 20.9. The molecular formula is C56H40N4OPt-2. The van der Waals surface area contributed by atoms with Crippen LogP contribution in [0.1, 0.15) is 59.7 Å². The smallest absolute Gasteiger partial charge is 0.242 e. The van der Waals surface area contributed by atoms with E-state index in [0.717, 1.165) is 49.9 Å². The summed E-state index contributed by atoms with van der Waals surface area (Å²) in [7, 11) is 2.08. The van der Waals surface area contributed by atoms with Gasteiger partial charge in [-0.15, -0.1) is 35.2 Å². The molecule has 6 heteroatoms. The molecule has 1 spiro atoms. The minimum absolute atomic E-state index is 0. The predicted molar refractivity (Wildman–Crippen MR) is 245 cm³/mol. The molecule has 0 amide bonds. The van der Waals surface area contributed by atoms with E-state index < -0.39 is 5.41 Å². The van der Waals surface area contributed by atoms with Gasteiger partial charge in [-0.2, -0.15) is 12.1 Å². The zero-order valence-electron chi connectivity index (χ0n) is 34.7. The Morgan fingerprint density at radius 2 is 1.42 bits per heavy atom. The molecule has 0 saturated carbocycles. The van der Waals surface area contributed by atoms with E-state index in [-0.39, 0.29) is 26.5 Å². The fourth-order valence-corrected chi connectivity index (χ4v) is 10.1. The maximum Gasteiger partial charge on any atom is 0.242 e. The molecule has 10 aromatic rings. The maximum atomic E-state index is 6.83. The molecule has 3 aromatic heterocycles. The Hall–Kier alpha value is -6.81. The number of aryl methyl sites for hydroxylation is 1. The van der Waals surface area contributed by atoms with Crippen LogP contribution in [0.15, 0.2) is 158 Å². The third-order valence-electron chi connectivity index (χ3n) is 12.7. The van der Waals surface area contributed by atoms with Gasteiger partial charge in [0.05, 0.1) is 18.1 Å². The van der Waals surface area contributed by atoms with E-state index in [1.807, 2.05) is 30.5 Å². The third-order valence-corrected chi connectivity index (χ3v) is 12.7. The van der Waals surface area contributed by atoms with Gasteiger partial charge >= 0.3 is 0 Å². The Kier molecular flexibility index (Phi) is 8.69. The second kappa shape index (κ2) is 14.1. The molecule has 0 fully saturated rings. The van der Waals surface area contributed by atoms with Crippen LogP contribution in [0.2, 0.25) is 0 Å². The van der Waals surface area contributed by atoms with Gasteiger partial charge in [0.2, 0.25) is 6.33 Å². The van der Waals surface area contributed by atoms with E-state index in [2.05, 4.69) is 200 Å². The summed E-state index contributed by atoms with van der Waals surface area (Å²) in [5, 5.41) is 2.22. The fourth-order valence-electron chi connectivity index (χ4n) is 10.1. The number of imidazole rings is 1.